The second-order valence-corrected chi connectivity index (χ2v) is 6.16. The lowest BCUT2D eigenvalue weighted by Gasteiger charge is -2.12. The summed E-state index contributed by atoms with van der Waals surface area (Å²) in [5, 5.41) is 18.5. The van der Waals surface area contributed by atoms with Crippen LogP contribution >= 0.6 is 0 Å². The van der Waals surface area contributed by atoms with Crippen molar-refractivity contribution in [3.05, 3.63) is 52.8 Å². The number of rotatable bonds is 6. The summed E-state index contributed by atoms with van der Waals surface area (Å²) in [5.41, 5.74) is 1.63. The molecule has 27 heavy (non-hydrogen) atoms. The second-order valence-electron chi connectivity index (χ2n) is 6.16. The van der Waals surface area contributed by atoms with Gasteiger partial charge in [-0.3, -0.25) is 15.1 Å². The van der Waals surface area contributed by atoms with Gasteiger partial charge in [0, 0.05) is 42.7 Å². The Labute approximate surface area is 154 Å². The number of nitrogens with zero attached hydrogens (tertiary/aromatic N) is 4. The van der Waals surface area contributed by atoms with Crippen LogP contribution in [0.2, 0.25) is 0 Å². The van der Waals surface area contributed by atoms with E-state index in [0.717, 1.165) is 25.0 Å². The van der Waals surface area contributed by atoms with Gasteiger partial charge in [-0.25, -0.2) is 0 Å². The van der Waals surface area contributed by atoms with Crippen LogP contribution in [0, 0.1) is 10.1 Å². The molecule has 9 heteroatoms. The summed E-state index contributed by atoms with van der Waals surface area (Å²) in [6.45, 7) is 1.28. The Morgan fingerprint density at radius 3 is 2.81 bits per heavy atom. The fourth-order valence-corrected chi connectivity index (χ4v) is 2.95. The maximum Gasteiger partial charge on any atom is 0.293 e. The van der Waals surface area contributed by atoms with Gasteiger partial charge in [-0.05, 0) is 37.1 Å². The Morgan fingerprint density at radius 1 is 1.22 bits per heavy atom. The Balaban J connectivity index is 1.57. The molecule has 0 saturated carbocycles. The standard InChI is InChI=1S/C18H17N5O4/c24-23(25)16-10-13(3-4-15(16)20-11-14-2-1-9-26-14)18-21-17(22-27-18)12-5-7-19-8-6-12/h3-8,10,14,20H,1-2,9,11H2/t14-/m0/s1. The first-order valence-corrected chi connectivity index (χ1v) is 8.59. The first-order chi connectivity index (χ1) is 13.2. The molecule has 3 aromatic rings. The molecule has 4 rings (SSSR count). The fraction of sp³-hybridized carbons (Fsp3) is 0.278. The lowest BCUT2D eigenvalue weighted by Crippen LogP contribution is -2.18. The van der Waals surface area contributed by atoms with Crippen LogP contribution in [-0.4, -0.2) is 39.3 Å². The molecule has 1 fully saturated rings. The summed E-state index contributed by atoms with van der Waals surface area (Å²) >= 11 is 0. The predicted molar refractivity (Wildman–Crippen MR) is 97.1 cm³/mol. The maximum absolute atomic E-state index is 11.5. The molecule has 1 aromatic carbocycles. The highest BCUT2D eigenvalue weighted by atomic mass is 16.6. The molecular weight excluding hydrogens is 350 g/mol. The Morgan fingerprint density at radius 2 is 2.07 bits per heavy atom. The van der Waals surface area contributed by atoms with Gasteiger partial charge < -0.3 is 14.6 Å². The van der Waals surface area contributed by atoms with E-state index in [0.29, 0.717) is 23.6 Å². The van der Waals surface area contributed by atoms with Crippen molar-refractivity contribution < 1.29 is 14.2 Å². The lowest BCUT2D eigenvalue weighted by molar-refractivity contribution is -0.383. The molecule has 1 N–H and O–H groups in total. The molecule has 138 valence electrons. The molecule has 1 aliphatic heterocycles. The number of ether oxygens (including phenoxy) is 1. The number of hydrogen-bond acceptors (Lipinski definition) is 8. The smallest absolute Gasteiger partial charge is 0.293 e. The van der Waals surface area contributed by atoms with Crippen molar-refractivity contribution in [1.29, 1.82) is 0 Å². The number of pyridine rings is 1. The van der Waals surface area contributed by atoms with Gasteiger partial charge in [0.15, 0.2) is 0 Å². The van der Waals surface area contributed by atoms with E-state index in [9.17, 15) is 10.1 Å². The summed E-state index contributed by atoms with van der Waals surface area (Å²) in [7, 11) is 0. The third kappa shape index (κ3) is 3.77. The van der Waals surface area contributed by atoms with Gasteiger partial charge in [0.05, 0.1) is 11.0 Å². The van der Waals surface area contributed by atoms with Crippen molar-refractivity contribution in [2.24, 2.45) is 0 Å². The van der Waals surface area contributed by atoms with Crippen LogP contribution < -0.4 is 5.32 Å². The van der Waals surface area contributed by atoms with Crippen molar-refractivity contribution in [3.63, 3.8) is 0 Å². The van der Waals surface area contributed by atoms with Gasteiger partial charge in [-0.1, -0.05) is 5.16 Å². The van der Waals surface area contributed by atoms with E-state index in [1.165, 1.54) is 6.07 Å². The van der Waals surface area contributed by atoms with E-state index in [2.05, 4.69) is 20.4 Å². The Bertz CT molecular complexity index is 938. The largest absolute Gasteiger partial charge is 0.377 e. The highest BCUT2D eigenvalue weighted by Gasteiger charge is 2.21. The molecule has 0 radical (unpaired) electrons. The zero-order valence-corrected chi connectivity index (χ0v) is 14.4. The summed E-state index contributed by atoms with van der Waals surface area (Å²) in [6.07, 6.45) is 5.32. The van der Waals surface area contributed by atoms with Crippen LogP contribution in [-0.2, 0) is 4.74 Å². The zero-order chi connectivity index (χ0) is 18.6. The van der Waals surface area contributed by atoms with Gasteiger partial charge in [-0.2, -0.15) is 4.98 Å². The zero-order valence-electron chi connectivity index (χ0n) is 14.4. The molecule has 1 aliphatic rings. The van der Waals surface area contributed by atoms with Gasteiger partial charge in [0.25, 0.3) is 11.6 Å². The molecule has 3 heterocycles. The van der Waals surface area contributed by atoms with E-state index in [-0.39, 0.29) is 17.7 Å². The maximum atomic E-state index is 11.5. The minimum absolute atomic E-state index is 0.0471. The van der Waals surface area contributed by atoms with E-state index < -0.39 is 4.92 Å². The molecule has 0 amide bonds. The van der Waals surface area contributed by atoms with Crippen molar-refractivity contribution in [3.8, 4) is 22.8 Å². The van der Waals surface area contributed by atoms with Crippen molar-refractivity contribution in [2.45, 2.75) is 18.9 Å². The van der Waals surface area contributed by atoms with Crippen LogP contribution in [0.25, 0.3) is 22.8 Å². The quantitative estimate of drug-likeness (QED) is 0.521. The molecule has 0 spiro atoms. The average molecular weight is 367 g/mol. The fourth-order valence-electron chi connectivity index (χ4n) is 2.95. The van der Waals surface area contributed by atoms with Gasteiger partial charge in [0.2, 0.25) is 5.82 Å². The molecular formula is C18H17N5O4. The van der Waals surface area contributed by atoms with Gasteiger partial charge in [0.1, 0.15) is 5.69 Å². The highest BCUT2D eigenvalue weighted by molar-refractivity contribution is 5.70. The molecule has 1 saturated heterocycles. The van der Waals surface area contributed by atoms with Crippen LogP contribution in [0.3, 0.4) is 0 Å². The minimum Gasteiger partial charge on any atom is -0.377 e. The lowest BCUT2D eigenvalue weighted by atomic mass is 10.1. The Kier molecular flexibility index (Phi) is 4.75. The molecule has 0 aliphatic carbocycles. The monoisotopic (exact) mass is 367 g/mol. The van der Waals surface area contributed by atoms with E-state index in [1.54, 1.807) is 36.7 Å². The normalized spacial score (nSPS) is 16.4. The highest BCUT2D eigenvalue weighted by Crippen LogP contribution is 2.31. The van der Waals surface area contributed by atoms with E-state index >= 15 is 0 Å². The van der Waals surface area contributed by atoms with Crippen LogP contribution in [0.5, 0.6) is 0 Å². The van der Waals surface area contributed by atoms with E-state index in [4.69, 9.17) is 9.26 Å². The predicted octanol–water partition coefficient (Wildman–Crippen LogP) is 3.30. The summed E-state index contributed by atoms with van der Waals surface area (Å²) in [5.74, 6) is 0.617. The molecule has 1 atom stereocenters. The SMILES string of the molecule is O=[N+]([O-])c1cc(-c2nc(-c3ccncc3)no2)ccc1NC[C@@H]1CCCO1. The number of nitro benzene ring substituents is 1. The minimum atomic E-state index is -0.429. The molecule has 9 nitrogen and oxygen atoms in total. The number of nitrogens with one attached hydrogen (secondary N) is 1. The van der Waals surface area contributed by atoms with Crippen LogP contribution in [0.4, 0.5) is 11.4 Å². The van der Waals surface area contributed by atoms with Crippen LogP contribution in [0.15, 0.2) is 47.2 Å². The third-order valence-electron chi connectivity index (χ3n) is 4.35. The first-order valence-electron chi connectivity index (χ1n) is 8.59. The van der Waals surface area contributed by atoms with Crippen LogP contribution in [0.1, 0.15) is 12.8 Å². The number of hydrogen-bond donors (Lipinski definition) is 1. The number of nitro groups is 1. The number of anilines is 1. The number of benzene rings is 1. The van der Waals surface area contributed by atoms with E-state index in [1.807, 2.05) is 0 Å². The average Bonchev–Trinajstić information content (AvgIpc) is 3.39. The Hall–Kier alpha value is -3.33. The number of aromatic nitrogens is 3. The van der Waals surface area contributed by atoms with Crippen molar-refractivity contribution in [1.82, 2.24) is 15.1 Å². The first kappa shape index (κ1) is 17.1. The van der Waals surface area contributed by atoms with Gasteiger partial charge in [-0.15, -0.1) is 0 Å². The van der Waals surface area contributed by atoms with Crippen molar-refractivity contribution >= 4 is 11.4 Å². The second kappa shape index (κ2) is 7.50. The van der Waals surface area contributed by atoms with Crippen molar-refractivity contribution in [2.75, 3.05) is 18.5 Å². The topological polar surface area (TPSA) is 116 Å². The summed E-state index contributed by atoms with van der Waals surface area (Å²) in [4.78, 5) is 19.3. The van der Waals surface area contributed by atoms with Gasteiger partial charge >= 0.3 is 0 Å². The third-order valence-corrected chi connectivity index (χ3v) is 4.35. The summed E-state index contributed by atoms with van der Waals surface area (Å²) < 4.78 is 10.8. The molecule has 0 unspecified atom stereocenters. The molecule has 2 aromatic heterocycles. The molecule has 0 bridgehead atoms. The summed E-state index contributed by atoms with van der Waals surface area (Å²) in [6, 6.07) is 8.32.